The van der Waals surface area contributed by atoms with Gasteiger partial charge in [0.15, 0.2) is 10.9 Å². The van der Waals surface area contributed by atoms with Crippen LogP contribution in [0.25, 0.3) is 0 Å². The van der Waals surface area contributed by atoms with Gasteiger partial charge >= 0.3 is 0 Å². The molecule has 4 nitrogen and oxygen atoms in total. The van der Waals surface area contributed by atoms with E-state index in [1.807, 2.05) is 51.5 Å². The number of nitrogens with zero attached hydrogens (tertiary/aromatic N) is 2. The highest BCUT2D eigenvalue weighted by Gasteiger charge is 2.20. The van der Waals surface area contributed by atoms with E-state index in [1.165, 1.54) is 11.8 Å². The number of anilines is 1. The minimum Gasteiger partial charge on any atom is -0.444 e. The van der Waals surface area contributed by atoms with Crippen LogP contribution in [-0.2, 0) is 6.54 Å². The van der Waals surface area contributed by atoms with Gasteiger partial charge in [-0.15, -0.1) is 0 Å². The number of rotatable bonds is 5. The first-order valence-electron chi connectivity index (χ1n) is 7.09. The van der Waals surface area contributed by atoms with E-state index in [2.05, 4.69) is 11.0 Å². The van der Waals surface area contributed by atoms with Crippen LogP contribution in [0.4, 0.5) is 5.69 Å². The van der Waals surface area contributed by atoms with Crippen LogP contribution in [0.15, 0.2) is 39.8 Å². The molecule has 0 unspecified atom stereocenters. The van der Waals surface area contributed by atoms with Crippen LogP contribution in [0.3, 0.4) is 0 Å². The van der Waals surface area contributed by atoms with Crippen molar-refractivity contribution in [2.24, 2.45) is 0 Å². The van der Waals surface area contributed by atoms with Crippen molar-refractivity contribution in [3.8, 4) is 0 Å². The van der Waals surface area contributed by atoms with E-state index in [1.54, 1.807) is 11.9 Å². The number of aryl methyl sites for hydroxylation is 1. The lowest BCUT2D eigenvalue weighted by Crippen LogP contribution is -2.27. The van der Waals surface area contributed by atoms with E-state index in [0.717, 1.165) is 21.9 Å². The number of thioether (sulfide) groups is 1. The Morgan fingerprint density at radius 2 is 1.91 bits per heavy atom. The highest BCUT2D eigenvalue weighted by Crippen LogP contribution is 2.25. The van der Waals surface area contributed by atoms with E-state index in [4.69, 9.17) is 4.42 Å². The molecule has 0 atom stereocenters. The van der Waals surface area contributed by atoms with Gasteiger partial charge in [-0.3, -0.25) is 4.79 Å². The summed E-state index contributed by atoms with van der Waals surface area (Å²) in [6, 6.07) is 9.99. The van der Waals surface area contributed by atoms with Gasteiger partial charge in [-0.2, -0.15) is 0 Å². The molecule has 22 heavy (non-hydrogen) atoms. The van der Waals surface area contributed by atoms with Crippen molar-refractivity contribution in [3.05, 3.63) is 47.2 Å². The zero-order chi connectivity index (χ0) is 16.3. The monoisotopic (exact) mass is 318 g/mol. The highest BCUT2D eigenvalue weighted by atomic mass is 32.2. The number of amides is 1. The van der Waals surface area contributed by atoms with Crippen LogP contribution in [0.5, 0.6) is 0 Å². The molecule has 0 radical (unpaired) electrons. The van der Waals surface area contributed by atoms with Gasteiger partial charge in [0, 0.05) is 38.9 Å². The fourth-order valence-corrected chi connectivity index (χ4v) is 2.81. The Balaban J connectivity index is 2.20. The molecule has 118 valence electrons. The molecule has 2 rings (SSSR count). The van der Waals surface area contributed by atoms with Crippen LogP contribution in [0.2, 0.25) is 0 Å². The zero-order valence-electron chi connectivity index (χ0n) is 13.7. The van der Waals surface area contributed by atoms with Crippen molar-refractivity contribution in [1.82, 2.24) is 4.90 Å². The fraction of sp³-hybridized carbons (Fsp3) is 0.353. The molecule has 1 aromatic carbocycles. The van der Waals surface area contributed by atoms with Gasteiger partial charge in [-0.1, -0.05) is 30.0 Å². The van der Waals surface area contributed by atoms with Crippen molar-refractivity contribution >= 4 is 23.4 Å². The molecule has 0 aliphatic heterocycles. The zero-order valence-corrected chi connectivity index (χ0v) is 14.5. The van der Waals surface area contributed by atoms with Gasteiger partial charge in [-0.25, -0.2) is 0 Å². The van der Waals surface area contributed by atoms with Gasteiger partial charge < -0.3 is 14.2 Å². The molecule has 5 heteroatoms. The average Bonchev–Trinajstić information content (AvgIpc) is 2.87. The maximum absolute atomic E-state index is 12.6. The summed E-state index contributed by atoms with van der Waals surface area (Å²) in [7, 11) is 5.81. The average molecular weight is 318 g/mol. The fourth-order valence-electron chi connectivity index (χ4n) is 2.35. The molecule has 0 fully saturated rings. The Labute approximate surface area is 136 Å². The molecule has 0 N–H and O–H groups in total. The molecular formula is C17H22N2O2S. The number of hydrogen-bond acceptors (Lipinski definition) is 4. The van der Waals surface area contributed by atoms with Gasteiger partial charge in [0.25, 0.3) is 5.91 Å². The van der Waals surface area contributed by atoms with Crippen LogP contribution in [0.1, 0.15) is 21.7 Å². The number of furan rings is 1. The molecule has 0 aliphatic carbocycles. The van der Waals surface area contributed by atoms with E-state index in [9.17, 15) is 4.79 Å². The van der Waals surface area contributed by atoms with E-state index in [0.29, 0.717) is 12.3 Å². The minimum absolute atomic E-state index is 0.0913. The van der Waals surface area contributed by atoms with E-state index in [-0.39, 0.29) is 5.91 Å². The van der Waals surface area contributed by atoms with Crippen molar-refractivity contribution in [2.75, 3.05) is 32.3 Å². The lowest BCUT2D eigenvalue weighted by molar-refractivity contribution is 0.0747. The van der Waals surface area contributed by atoms with E-state index < -0.39 is 0 Å². The highest BCUT2D eigenvalue weighted by molar-refractivity contribution is 7.98. The smallest absolute Gasteiger partial charge is 0.289 e. The van der Waals surface area contributed by atoms with Gasteiger partial charge in [0.2, 0.25) is 0 Å². The van der Waals surface area contributed by atoms with Crippen molar-refractivity contribution < 1.29 is 9.21 Å². The summed E-state index contributed by atoms with van der Waals surface area (Å²) >= 11 is 1.50. The first kappa shape index (κ1) is 16.5. The summed E-state index contributed by atoms with van der Waals surface area (Å²) in [6.07, 6.45) is 1.93. The Bertz CT molecular complexity index is 664. The Kier molecular flexibility index (Phi) is 5.19. The molecule has 0 saturated carbocycles. The molecule has 0 saturated heterocycles. The Morgan fingerprint density at radius 3 is 2.50 bits per heavy atom. The summed E-state index contributed by atoms with van der Waals surface area (Å²) in [6.45, 7) is 2.44. The lowest BCUT2D eigenvalue weighted by Gasteiger charge is -2.22. The molecule has 0 aliphatic rings. The van der Waals surface area contributed by atoms with Crippen LogP contribution < -0.4 is 4.90 Å². The number of para-hydroxylation sites is 1. The summed E-state index contributed by atoms with van der Waals surface area (Å²) in [4.78, 5) is 16.3. The summed E-state index contributed by atoms with van der Waals surface area (Å²) in [5.41, 5.74) is 3.10. The Morgan fingerprint density at radius 1 is 1.23 bits per heavy atom. The Hall–Kier alpha value is -1.88. The van der Waals surface area contributed by atoms with Crippen LogP contribution in [-0.4, -0.2) is 38.2 Å². The SMILES string of the molecule is CSc1cc(C)c(C(=O)N(C)Cc2ccccc2N(C)C)o1. The predicted molar refractivity (Wildman–Crippen MR) is 91.8 cm³/mol. The second-order valence-corrected chi connectivity index (χ2v) is 6.28. The van der Waals surface area contributed by atoms with Crippen molar-refractivity contribution in [1.29, 1.82) is 0 Å². The number of carbonyl (C=O) groups excluding carboxylic acids is 1. The summed E-state index contributed by atoms with van der Waals surface area (Å²) < 4.78 is 5.62. The first-order chi connectivity index (χ1) is 10.4. The maximum atomic E-state index is 12.6. The topological polar surface area (TPSA) is 36.7 Å². The number of hydrogen-bond donors (Lipinski definition) is 0. The predicted octanol–water partition coefficient (Wildman–Crippen LogP) is 3.65. The number of benzene rings is 1. The lowest BCUT2D eigenvalue weighted by atomic mass is 10.1. The van der Waals surface area contributed by atoms with E-state index >= 15 is 0 Å². The minimum atomic E-state index is -0.0913. The summed E-state index contributed by atoms with van der Waals surface area (Å²) in [5, 5.41) is 0.767. The van der Waals surface area contributed by atoms with Gasteiger partial charge in [0.05, 0.1) is 0 Å². The molecule has 1 aromatic heterocycles. The van der Waals surface area contributed by atoms with Crippen LogP contribution >= 0.6 is 11.8 Å². The third-order valence-corrected chi connectivity index (χ3v) is 4.12. The number of carbonyl (C=O) groups is 1. The second-order valence-electron chi connectivity index (χ2n) is 5.47. The van der Waals surface area contributed by atoms with Gasteiger partial charge in [-0.05, 0) is 30.9 Å². The molecular weight excluding hydrogens is 296 g/mol. The molecule has 0 spiro atoms. The molecule has 1 heterocycles. The standard InChI is InChI=1S/C17H22N2O2S/c1-12-10-15(22-5)21-16(12)17(20)19(4)11-13-8-6-7-9-14(13)18(2)3/h6-10H,11H2,1-5H3. The largest absolute Gasteiger partial charge is 0.444 e. The van der Waals surface area contributed by atoms with Crippen molar-refractivity contribution in [3.63, 3.8) is 0 Å². The molecule has 1 amide bonds. The van der Waals surface area contributed by atoms with Gasteiger partial charge in [0.1, 0.15) is 0 Å². The third-order valence-electron chi connectivity index (χ3n) is 3.52. The quantitative estimate of drug-likeness (QED) is 0.789. The summed E-state index contributed by atoms with van der Waals surface area (Å²) in [5.74, 6) is 0.334. The molecule has 0 bridgehead atoms. The van der Waals surface area contributed by atoms with Crippen molar-refractivity contribution in [2.45, 2.75) is 18.6 Å². The first-order valence-corrected chi connectivity index (χ1v) is 8.31. The normalized spacial score (nSPS) is 10.6. The maximum Gasteiger partial charge on any atom is 0.289 e. The van der Waals surface area contributed by atoms with Crippen LogP contribution in [0, 0.1) is 6.92 Å². The third kappa shape index (κ3) is 3.47. The second kappa shape index (κ2) is 6.92. The molecule has 2 aromatic rings.